The summed E-state index contributed by atoms with van der Waals surface area (Å²) >= 11 is 0. The highest BCUT2D eigenvalue weighted by molar-refractivity contribution is 6.22. The van der Waals surface area contributed by atoms with E-state index >= 15 is 0 Å². The number of anilines is 3. The number of fused-ring (bicyclic) bond motifs is 5. The van der Waals surface area contributed by atoms with Crippen LogP contribution in [-0.4, -0.2) is 4.57 Å². The molecule has 0 bridgehead atoms. The maximum absolute atomic E-state index is 2.42. The Morgan fingerprint density at radius 2 is 0.867 bits per heavy atom. The summed E-state index contributed by atoms with van der Waals surface area (Å²) in [5.74, 6) is 0. The maximum atomic E-state index is 2.42. The Bertz CT molecular complexity index is 3320. The molecule has 1 heterocycles. The summed E-state index contributed by atoms with van der Waals surface area (Å²) in [7, 11) is 0. The van der Waals surface area contributed by atoms with Gasteiger partial charge in [-0.1, -0.05) is 163 Å². The van der Waals surface area contributed by atoms with Crippen molar-refractivity contribution in [1.82, 2.24) is 4.57 Å². The summed E-state index contributed by atoms with van der Waals surface area (Å²) in [4.78, 5) is 2.37. The fourth-order valence-corrected chi connectivity index (χ4v) is 9.36. The van der Waals surface area contributed by atoms with E-state index in [1.54, 1.807) is 0 Å². The summed E-state index contributed by atoms with van der Waals surface area (Å²) in [5.41, 5.74) is 16.8. The lowest BCUT2D eigenvalue weighted by atomic mass is 9.84. The zero-order chi connectivity index (χ0) is 40.2. The molecule has 0 aliphatic carbocycles. The molecule has 0 amide bonds. The number of para-hydroxylation sites is 1. The van der Waals surface area contributed by atoms with Gasteiger partial charge in [-0.3, -0.25) is 0 Å². The van der Waals surface area contributed by atoms with Gasteiger partial charge in [0, 0.05) is 33.5 Å². The van der Waals surface area contributed by atoms with E-state index in [4.69, 9.17) is 0 Å². The van der Waals surface area contributed by atoms with Crippen LogP contribution in [0, 0.1) is 13.8 Å². The average Bonchev–Trinajstić information content (AvgIpc) is 3.63. The van der Waals surface area contributed by atoms with Crippen molar-refractivity contribution < 1.29 is 0 Å². The van der Waals surface area contributed by atoms with Crippen LogP contribution in [0.25, 0.3) is 82.4 Å². The molecule has 0 saturated carbocycles. The molecular formula is C58H42N2. The van der Waals surface area contributed by atoms with Crippen molar-refractivity contribution in [1.29, 1.82) is 0 Å². The van der Waals surface area contributed by atoms with E-state index in [-0.39, 0.29) is 0 Å². The van der Waals surface area contributed by atoms with Crippen molar-refractivity contribution in [3.63, 3.8) is 0 Å². The highest BCUT2D eigenvalue weighted by Gasteiger charge is 2.21. The van der Waals surface area contributed by atoms with Crippen molar-refractivity contribution in [2.45, 2.75) is 13.8 Å². The van der Waals surface area contributed by atoms with Crippen molar-refractivity contribution in [3.8, 4) is 39.1 Å². The fourth-order valence-electron chi connectivity index (χ4n) is 9.36. The van der Waals surface area contributed by atoms with Crippen LogP contribution in [0.5, 0.6) is 0 Å². The van der Waals surface area contributed by atoms with E-state index < -0.39 is 0 Å². The SMILES string of the molecule is Cc1ccc(N(c2cccc(C)c2)c2ccc3c(c2)c2ccccc2n3-c2ccc(-c3c4ccccc4c(-c4ccccc4-c4ccccc4)c4ccccc34)cc2)cc1. The third kappa shape index (κ3) is 5.96. The molecule has 10 aromatic carbocycles. The van der Waals surface area contributed by atoms with E-state index in [2.05, 4.69) is 242 Å². The summed E-state index contributed by atoms with van der Waals surface area (Å²) in [6, 6.07) is 80.0. The molecule has 0 radical (unpaired) electrons. The first-order valence-corrected chi connectivity index (χ1v) is 20.8. The molecule has 60 heavy (non-hydrogen) atoms. The number of benzene rings is 10. The molecule has 0 aliphatic heterocycles. The molecule has 0 spiro atoms. The van der Waals surface area contributed by atoms with Gasteiger partial charge >= 0.3 is 0 Å². The summed E-state index contributed by atoms with van der Waals surface area (Å²) in [6.07, 6.45) is 0. The van der Waals surface area contributed by atoms with Gasteiger partial charge in [-0.25, -0.2) is 0 Å². The van der Waals surface area contributed by atoms with Crippen LogP contribution in [0.4, 0.5) is 17.1 Å². The van der Waals surface area contributed by atoms with E-state index in [0.717, 1.165) is 22.7 Å². The minimum atomic E-state index is 1.13. The standard InChI is InChI=1S/C58H42N2/c1-39-27-31-43(32-28-39)59(45-18-14-15-40(2)37-45)46-35-36-56-54(38-46)48-20-12-13-26-55(48)60(56)44-33-29-42(30-34-44)57-50-22-8-10-24-52(50)58(53-25-11-9-23-51(53)57)49-21-7-6-19-47(49)41-16-4-3-5-17-41/h3-38H,1-2H3. The minimum absolute atomic E-state index is 1.13. The molecule has 11 rings (SSSR count). The first-order chi connectivity index (χ1) is 29.6. The van der Waals surface area contributed by atoms with Crippen LogP contribution in [0.15, 0.2) is 218 Å². The van der Waals surface area contributed by atoms with Crippen LogP contribution < -0.4 is 4.90 Å². The number of nitrogens with zero attached hydrogens (tertiary/aromatic N) is 2. The Morgan fingerprint density at radius 1 is 0.317 bits per heavy atom. The van der Waals surface area contributed by atoms with Crippen LogP contribution in [0.3, 0.4) is 0 Å². The molecule has 0 aliphatic rings. The highest BCUT2D eigenvalue weighted by atomic mass is 15.1. The molecular weight excluding hydrogens is 725 g/mol. The molecule has 1 aromatic heterocycles. The van der Waals surface area contributed by atoms with Crippen LogP contribution in [0.1, 0.15) is 11.1 Å². The van der Waals surface area contributed by atoms with E-state index in [9.17, 15) is 0 Å². The van der Waals surface area contributed by atoms with Crippen LogP contribution in [-0.2, 0) is 0 Å². The smallest absolute Gasteiger partial charge is 0.0542 e. The third-order valence-electron chi connectivity index (χ3n) is 12.1. The zero-order valence-electron chi connectivity index (χ0n) is 33.7. The maximum Gasteiger partial charge on any atom is 0.0542 e. The number of rotatable bonds is 7. The van der Waals surface area contributed by atoms with Gasteiger partial charge in [0.15, 0.2) is 0 Å². The van der Waals surface area contributed by atoms with Gasteiger partial charge in [0.2, 0.25) is 0 Å². The highest BCUT2D eigenvalue weighted by Crippen LogP contribution is 2.46. The topological polar surface area (TPSA) is 8.17 Å². The molecule has 11 aromatic rings. The molecule has 2 heteroatoms. The normalized spacial score (nSPS) is 11.5. The first kappa shape index (κ1) is 35.5. The number of hydrogen-bond donors (Lipinski definition) is 0. The number of aryl methyl sites for hydroxylation is 2. The summed E-state index contributed by atoms with van der Waals surface area (Å²) < 4.78 is 2.42. The largest absolute Gasteiger partial charge is 0.310 e. The van der Waals surface area contributed by atoms with E-state index in [1.165, 1.54) is 87.9 Å². The summed E-state index contributed by atoms with van der Waals surface area (Å²) in [5, 5.41) is 7.45. The van der Waals surface area contributed by atoms with Crippen molar-refractivity contribution in [3.05, 3.63) is 230 Å². The quantitative estimate of drug-likeness (QED) is 0.147. The lowest BCUT2D eigenvalue weighted by Crippen LogP contribution is -2.10. The molecule has 284 valence electrons. The van der Waals surface area contributed by atoms with Crippen molar-refractivity contribution in [2.24, 2.45) is 0 Å². The Labute approximate surface area is 350 Å². The molecule has 0 unspecified atom stereocenters. The second-order valence-electron chi connectivity index (χ2n) is 15.9. The Balaban J connectivity index is 1.06. The second-order valence-corrected chi connectivity index (χ2v) is 15.9. The Morgan fingerprint density at radius 3 is 1.55 bits per heavy atom. The van der Waals surface area contributed by atoms with Crippen LogP contribution >= 0.6 is 0 Å². The van der Waals surface area contributed by atoms with Gasteiger partial charge in [0.1, 0.15) is 0 Å². The minimum Gasteiger partial charge on any atom is -0.310 e. The third-order valence-corrected chi connectivity index (χ3v) is 12.1. The van der Waals surface area contributed by atoms with Gasteiger partial charge in [0.25, 0.3) is 0 Å². The van der Waals surface area contributed by atoms with Gasteiger partial charge in [0.05, 0.1) is 11.0 Å². The lowest BCUT2D eigenvalue weighted by molar-refractivity contribution is 1.18. The van der Waals surface area contributed by atoms with Gasteiger partial charge < -0.3 is 9.47 Å². The van der Waals surface area contributed by atoms with Crippen LogP contribution in [0.2, 0.25) is 0 Å². The Hall–Kier alpha value is -7.68. The van der Waals surface area contributed by atoms with Gasteiger partial charge in [-0.15, -0.1) is 0 Å². The number of hydrogen-bond acceptors (Lipinski definition) is 1. The predicted octanol–water partition coefficient (Wildman–Crippen LogP) is 16.2. The second kappa shape index (κ2) is 14.6. The lowest BCUT2D eigenvalue weighted by Gasteiger charge is -2.26. The molecule has 0 N–H and O–H groups in total. The predicted molar refractivity (Wildman–Crippen MR) is 256 cm³/mol. The average molecular weight is 767 g/mol. The molecule has 2 nitrogen and oxygen atoms in total. The molecule has 0 atom stereocenters. The van der Waals surface area contributed by atoms with Crippen molar-refractivity contribution in [2.75, 3.05) is 4.90 Å². The Kier molecular flexibility index (Phi) is 8.64. The zero-order valence-corrected chi connectivity index (χ0v) is 33.7. The first-order valence-electron chi connectivity index (χ1n) is 20.8. The van der Waals surface area contributed by atoms with Gasteiger partial charge in [-0.05, 0) is 135 Å². The summed E-state index contributed by atoms with van der Waals surface area (Å²) in [6.45, 7) is 4.30. The number of aromatic nitrogens is 1. The molecule has 0 saturated heterocycles. The van der Waals surface area contributed by atoms with Gasteiger partial charge in [-0.2, -0.15) is 0 Å². The molecule has 0 fully saturated rings. The monoisotopic (exact) mass is 766 g/mol. The van der Waals surface area contributed by atoms with E-state index in [0.29, 0.717) is 0 Å². The fraction of sp³-hybridized carbons (Fsp3) is 0.0345. The van der Waals surface area contributed by atoms with E-state index in [1.807, 2.05) is 0 Å². The van der Waals surface area contributed by atoms with Crippen molar-refractivity contribution >= 4 is 60.4 Å².